The molecule has 0 saturated carbocycles. The number of furan rings is 1. The van der Waals surface area contributed by atoms with Crippen LogP contribution in [0, 0.1) is 6.92 Å². The van der Waals surface area contributed by atoms with E-state index in [0.717, 1.165) is 13.1 Å². The van der Waals surface area contributed by atoms with Crippen LogP contribution in [-0.4, -0.2) is 30.5 Å². The van der Waals surface area contributed by atoms with Crippen LogP contribution in [0.15, 0.2) is 27.2 Å². The molecule has 1 amide bonds. The Balaban J connectivity index is 1.91. The number of oxazole rings is 1. The van der Waals surface area contributed by atoms with Gasteiger partial charge in [-0.25, -0.2) is 4.98 Å². The minimum absolute atomic E-state index is 0.0645. The quantitative estimate of drug-likeness (QED) is 0.750. The van der Waals surface area contributed by atoms with Crippen molar-refractivity contribution < 1.29 is 13.6 Å². The molecule has 2 aromatic heterocycles. The summed E-state index contributed by atoms with van der Waals surface area (Å²) in [5, 5.41) is 5.97. The second-order valence-corrected chi connectivity index (χ2v) is 4.38. The number of nitrogens with zero attached hydrogens (tertiary/aromatic N) is 1. The highest BCUT2D eigenvalue weighted by molar-refractivity contribution is 5.78. The molecule has 0 aliphatic carbocycles. The number of nitrogens with one attached hydrogen (secondary N) is 2. The maximum Gasteiger partial charge on any atom is 0.263 e. The molecular formula is C14H19N3O3. The first-order valence-electron chi connectivity index (χ1n) is 6.68. The molecule has 2 aromatic rings. The standard InChI is InChI=1S/C14H19N3O3/c1-3-15-6-7-16-13(18)9-11-10(2)20-14(17-11)12-5-4-8-19-12/h4-5,8,15H,3,6-7,9H2,1-2H3,(H,16,18). The minimum Gasteiger partial charge on any atom is -0.459 e. The zero-order valence-corrected chi connectivity index (χ0v) is 11.7. The van der Waals surface area contributed by atoms with Gasteiger partial charge in [-0.2, -0.15) is 0 Å². The number of carbonyl (C=O) groups is 1. The van der Waals surface area contributed by atoms with Gasteiger partial charge >= 0.3 is 0 Å². The van der Waals surface area contributed by atoms with Gasteiger partial charge in [0.05, 0.1) is 18.4 Å². The first-order chi connectivity index (χ1) is 9.70. The topological polar surface area (TPSA) is 80.3 Å². The van der Waals surface area contributed by atoms with Crippen LogP contribution >= 0.6 is 0 Å². The highest BCUT2D eigenvalue weighted by Gasteiger charge is 2.15. The molecule has 0 aliphatic rings. The van der Waals surface area contributed by atoms with E-state index in [1.807, 2.05) is 6.92 Å². The Hall–Kier alpha value is -2.08. The molecule has 0 aliphatic heterocycles. The zero-order valence-electron chi connectivity index (χ0n) is 11.7. The van der Waals surface area contributed by atoms with Crippen LogP contribution in [0.25, 0.3) is 11.7 Å². The summed E-state index contributed by atoms with van der Waals surface area (Å²) in [6, 6.07) is 3.54. The van der Waals surface area contributed by atoms with Crippen LogP contribution in [0.5, 0.6) is 0 Å². The van der Waals surface area contributed by atoms with E-state index in [-0.39, 0.29) is 12.3 Å². The van der Waals surface area contributed by atoms with Crippen molar-refractivity contribution in [2.24, 2.45) is 0 Å². The van der Waals surface area contributed by atoms with Gasteiger partial charge in [0, 0.05) is 13.1 Å². The lowest BCUT2D eigenvalue weighted by molar-refractivity contribution is -0.120. The Labute approximate surface area is 117 Å². The molecule has 0 radical (unpaired) electrons. The fourth-order valence-corrected chi connectivity index (χ4v) is 1.78. The molecule has 2 rings (SSSR count). The molecule has 0 atom stereocenters. The van der Waals surface area contributed by atoms with E-state index in [4.69, 9.17) is 8.83 Å². The summed E-state index contributed by atoms with van der Waals surface area (Å²) in [6.45, 7) is 6.08. The second-order valence-electron chi connectivity index (χ2n) is 4.38. The minimum atomic E-state index is -0.0645. The van der Waals surface area contributed by atoms with Gasteiger partial charge in [0.1, 0.15) is 5.76 Å². The van der Waals surface area contributed by atoms with Crippen LogP contribution in [0.4, 0.5) is 0 Å². The molecule has 20 heavy (non-hydrogen) atoms. The van der Waals surface area contributed by atoms with E-state index < -0.39 is 0 Å². The van der Waals surface area contributed by atoms with Crippen molar-refractivity contribution in [3.05, 3.63) is 29.9 Å². The Kier molecular flexibility index (Phi) is 4.95. The Morgan fingerprint density at radius 1 is 1.40 bits per heavy atom. The summed E-state index contributed by atoms with van der Waals surface area (Å²) in [4.78, 5) is 16.1. The van der Waals surface area contributed by atoms with Crippen LogP contribution in [-0.2, 0) is 11.2 Å². The Morgan fingerprint density at radius 2 is 2.25 bits per heavy atom. The normalized spacial score (nSPS) is 10.7. The van der Waals surface area contributed by atoms with Crippen LogP contribution < -0.4 is 10.6 Å². The largest absolute Gasteiger partial charge is 0.459 e. The lowest BCUT2D eigenvalue weighted by atomic mass is 10.2. The van der Waals surface area contributed by atoms with E-state index in [1.54, 1.807) is 25.3 Å². The number of likely N-dealkylation sites (N-methyl/N-ethyl adjacent to an activating group) is 1. The van der Waals surface area contributed by atoms with Crippen molar-refractivity contribution in [1.29, 1.82) is 0 Å². The third kappa shape index (κ3) is 3.71. The summed E-state index contributed by atoms with van der Waals surface area (Å²) in [5.41, 5.74) is 0.636. The van der Waals surface area contributed by atoms with Crippen molar-refractivity contribution in [3.63, 3.8) is 0 Å². The molecule has 0 saturated heterocycles. The predicted molar refractivity (Wildman–Crippen MR) is 74.2 cm³/mol. The summed E-state index contributed by atoms with van der Waals surface area (Å²) < 4.78 is 10.7. The Morgan fingerprint density at radius 3 is 2.95 bits per heavy atom. The van der Waals surface area contributed by atoms with Crippen molar-refractivity contribution in [2.45, 2.75) is 20.3 Å². The van der Waals surface area contributed by atoms with Gasteiger partial charge < -0.3 is 19.5 Å². The summed E-state index contributed by atoms with van der Waals surface area (Å²) in [7, 11) is 0. The molecule has 0 fully saturated rings. The second kappa shape index (κ2) is 6.91. The molecule has 6 heteroatoms. The number of carbonyl (C=O) groups excluding carboxylic acids is 1. The maximum absolute atomic E-state index is 11.8. The molecule has 0 aromatic carbocycles. The molecule has 0 unspecified atom stereocenters. The summed E-state index contributed by atoms with van der Waals surface area (Å²) in [5.74, 6) is 1.54. The SMILES string of the molecule is CCNCCNC(=O)Cc1nc(-c2ccco2)oc1C. The maximum atomic E-state index is 11.8. The first-order valence-corrected chi connectivity index (χ1v) is 6.68. The average Bonchev–Trinajstić information content (AvgIpc) is 3.05. The van der Waals surface area contributed by atoms with Gasteiger partial charge in [0.25, 0.3) is 5.89 Å². The van der Waals surface area contributed by atoms with E-state index in [9.17, 15) is 4.79 Å². The van der Waals surface area contributed by atoms with E-state index in [0.29, 0.717) is 29.6 Å². The number of aryl methyl sites for hydroxylation is 1. The fraction of sp³-hybridized carbons (Fsp3) is 0.429. The van der Waals surface area contributed by atoms with Crippen LogP contribution in [0.3, 0.4) is 0 Å². The lowest BCUT2D eigenvalue weighted by Gasteiger charge is -2.04. The van der Waals surface area contributed by atoms with Crippen molar-refractivity contribution >= 4 is 5.91 Å². The van der Waals surface area contributed by atoms with Gasteiger partial charge in [0.15, 0.2) is 5.76 Å². The summed E-state index contributed by atoms with van der Waals surface area (Å²) in [6.07, 6.45) is 1.77. The number of aromatic nitrogens is 1. The zero-order chi connectivity index (χ0) is 14.4. The van der Waals surface area contributed by atoms with E-state index in [1.165, 1.54) is 0 Å². The lowest BCUT2D eigenvalue weighted by Crippen LogP contribution is -2.32. The monoisotopic (exact) mass is 277 g/mol. The fourth-order valence-electron chi connectivity index (χ4n) is 1.78. The Bertz CT molecular complexity index is 546. The van der Waals surface area contributed by atoms with Gasteiger partial charge in [-0.3, -0.25) is 4.79 Å². The van der Waals surface area contributed by atoms with Crippen LogP contribution in [0.2, 0.25) is 0 Å². The molecular weight excluding hydrogens is 258 g/mol. The van der Waals surface area contributed by atoms with Gasteiger partial charge in [-0.15, -0.1) is 0 Å². The predicted octanol–water partition coefficient (Wildman–Crippen LogP) is 1.51. The summed E-state index contributed by atoms with van der Waals surface area (Å²) >= 11 is 0. The van der Waals surface area contributed by atoms with E-state index in [2.05, 4.69) is 15.6 Å². The third-order valence-corrected chi connectivity index (χ3v) is 2.83. The van der Waals surface area contributed by atoms with Gasteiger partial charge in [0.2, 0.25) is 5.91 Å². The molecule has 2 N–H and O–H groups in total. The number of amides is 1. The molecule has 0 bridgehead atoms. The first kappa shape index (κ1) is 14.3. The molecule has 108 valence electrons. The molecule has 2 heterocycles. The number of rotatable bonds is 7. The average molecular weight is 277 g/mol. The highest BCUT2D eigenvalue weighted by Crippen LogP contribution is 2.22. The molecule has 6 nitrogen and oxygen atoms in total. The third-order valence-electron chi connectivity index (χ3n) is 2.83. The van der Waals surface area contributed by atoms with Crippen molar-refractivity contribution in [3.8, 4) is 11.7 Å². The molecule has 0 spiro atoms. The highest BCUT2D eigenvalue weighted by atomic mass is 16.4. The van der Waals surface area contributed by atoms with Crippen molar-refractivity contribution in [1.82, 2.24) is 15.6 Å². The smallest absolute Gasteiger partial charge is 0.263 e. The number of hydrogen-bond acceptors (Lipinski definition) is 5. The van der Waals surface area contributed by atoms with Gasteiger partial charge in [-0.1, -0.05) is 6.92 Å². The van der Waals surface area contributed by atoms with Crippen LogP contribution in [0.1, 0.15) is 18.4 Å². The van der Waals surface area contributed by atoms with Crippen molar-refractivity contribution in [2.75, 3.05) is 19.6 Å². The number of hydrogen-bond donors (Lipinski definition) is 2. The van der Waals surface area contributed by atoms with Gasteiger partial charge in [-0.05, 0) is 25.6 Å². The van der Waals surface area contributed by atoms with E-state index >= 15 is 0 Å².